The zero-order chi connectivity index (χ0) is 27.6. The number of carbonyl (C=O) groups excluding carboxylic acids is 1. The second-order valence-corrected chi connectivity index (χ2v) is 9.18. The van der Waals surface area contributed by atoms with E-state index in [9.17, 15) is 9.59 Å². The average molecular weight is 526 g/mol. The lowest BCUT2D eigenvalue weighted by atomic mass is 10.1. The van der Waals surface area contributed by atoms with Gasteiger partial charge in [-0.15, -0.1) is 0 Å². The Hall–Kier alpha value is -5.62. The summed E-state index contributed by atoms with van der Waals surface area (Å²) in [6.07, 6.45) is 6.69. The Balaban J connectivity index is 1.48. The molecule has 40 heavy (non-hydrogen) atoms. The molecular formula is C31H23N7O2. The van der Waals surface area contributed by atoms with Crippen molar-refractivity contribution in [3.05, 3.63) is 130 Å². The minimum atomic E-state index is -0.630. The highest BCUT2D eigenvalue weighted by molar-refractivity contribution is 6.01. The first-order valence-corrected chi connectivity index (χ1v) is 12.6. The lowest BCUT2D eigenvalue weighted by Gasteiger charge is -2.20. The monoisotopic (exact) mass is 525 g/mol. The molecule has 0 bridgehead atoms. The van der Waals surface area contributed by atoms with Gasteiger partial charge in [0.2, 0.25) is 0 Å². The molecule has 0 aliphatic heterocycles. The fourth-order valence-corrected chi connectivity index (χ4v) is 4.64. The quantitative estimate of drug-likeness (QED) is 0.349. The summed E-state index contributed by atoms with van der Waals surface area (Å²) in [6.45, 7) is 3.56. The molecule has 9 nitrogen and oxygen atoms in total. The second-order valence-electron chi connectivity index (χ2n) is 9.18. The third-order valence-electron chi connectivity index (χ3n) is 6.49. The number of aromatic nitrogens is 6. The number of hydrogen-bond acceptors (Lipinski definition) is 6. The third-order valence-corrected chi connectivity index (χ3v) is 6.49. The molecule has 194 valence electrons. The molecule has 4 aromatic heterocycles. The van der Waals surface area contributed by atoms with Crippen molar-refractivity contribution < 1.29 is 4.79 Å². The topological polar surface area (TPSA) is 107 Å². The number of fused-ring (bicyclic) bond motifs is 2. The Morgan fingerprint density at radius 1 is 0.950 bits per heavy atom. The molecule has 0 spiro atoms. The molecule has 1 N–H and O–H groups in total. The smallest absolute Gasteiger partial charge is 0.267 e. The van der Waals surface area contributed by atoms with Crippen LogP contribution in [0, 0.1) is 18.8 Å². The van der Waals surface area contributed by atoms with Crippen LogP contribution in [0.2, 0.25) is 0 Å². The van der Waals surface area contributed by atoms with Gasteiger partial charge in [-0.3, -0.25) is 19.1 Å². The van der Waals surface area contributed by atoms with Crippen LogP contribution < -0.4 is 10.9 Å². The van der Waals surface area contributed by atoms with Crippen molar-refractivity contribution in [3.63, 3.8) is 0 Å². The molecule has 0 saturated carbocycles. The maximum atomic E-state index is 14.1. The van der Waals surface area contributed by atoms with E-state index < -0.39 is 6.04 Å². The van der Waals surface area contributed by atoms with Crippen LogP contribution in [0.25, 0.3) is 22.2 Å². The number of nitrogens with one attached hydrogen (secondary N) is 1. The first-order chi connectivity index (χ1) is 19.5. The summed E-state index contributed by atoms with van der Waals surface area (Å²) in [5.41, 5.74) is 3.56. The standard InChI is InChI=1S/C31H23N7O2/c1-20-26(29-33-16-7-19-37(29)36-20)30(39)34-21(2)28-35-25-11-6-8-23(13-12-22-14-17-32-18-15-22)27(25)31(40)38(28)24-9-4-3-5-10-24/h3-11,14-19,21H,1-2H3,(H,34,39). The fourth-order valence-electron chi connectivity index (χ4n) is 4.64. The summed E-state index contributed by atoms with van der Waals surface area (Å²) in [4.78, 5) is 40.8. The Labute approximate surface area is 229 Å². The lowest BCUT2D eigenvalue weighted by molar-refractivity contribution is 0.0938. The molecule has 6 aromatic rings. The summed E-state index contributed by atoms with van der Waals surface area (Å²) in [5, 5.41) is 7.80. The van der Waals surface area contributed by atoms with E-state index in [1.807, 2.05) is 48.5 Å². The van der Waals surface area contributed by atoms with E-state index in [4.69, 9.17) is 4.98 Å². The van der Waals surface area contributed by atoms with Gasteiger partial charge < -0.3 is 5.32 Å². The van der Waals surface area contributed by atoms with Crippen molar-refractivity contribution >= 4 is 22.5 Å². The average Bonchev–Trinajstić information content (AvgIpc) is 3.32. The number of benzene rings is 2. The van der Waals surface area contributed by atoms with Gasteiger partial charge in [-0.25, -0.2) is 14.5 Å². The first kappa shape index (κ1) is 24.7. The molecule has 9 heteroatoms. The minimum Gasteiger partial charge on any atom is -0.342 e. The molecule has 0 saturated heterocycles. The minimum absolute atomic E-state index is 0.277. The van der Waals surface area contributed by atoms with E-state index in [1.54, 1.807) is 61.3 Å². The van der Waals surface area contributed by atoms with Crippen LogP contribution in [-0.2, 0) is 0 Å². The zero-order valence-electron chi connectivity index (χ0n) is 21.7. The molecule has 6 rings (SSSR count). The van der Waals surface area contributed by atoms with Crippen LogP contribution in [0.1, 0.15) is 46.0 Å². The Bertz CT molecular complexity index is 2000. The van der Waals surface area contributed by atoms with Gasteiger partial charge in [0.1, 0.15) is 11.4 Å². The fraction of sp³-hybridized carbons (Fsp3) is 0.0968. The molecule has 0 aliphatic carbocycles. The molecule has 0 fully saturated rings. The van der Waals surface area contributed by atoms with Gasteiger partial charge in [0.25, 0.3) is 11.5 Å². The van der Waals surface area contributed by atoms with E-state index in [0.29, 0.717) is 44.9 Å². The maximum Gasteiger partial charge on any atom is 0.267 e. The van der Waals surface area contributed by atoms with Crippen molar-refractivity contribution in [2.24, 2.45) is 0 Å². The Morgan fingerprint density at radius 3 is 2.55 bits per heavy atom. The summed E-state index contributed by atoms with van der Waals surface area (Å²) >= 11 is 0. The predicted octanol–water partition coefficient (Wildman–Crippen LogP) is 4.02. The normalized spacial score (nSPS) is 11.7. The van der Waals surface area contributed by atoms with Crippen molar-refractivity contribution in [2.45, 2.75) is 19.9 Å². The number of amides is 1. The van der Waals surface area contributed by atoms with Crippen molar-refractivity contribution in [2.75, 3.05) is 0 Å². The van der Waals surface area contributed by atoms with E-state index in [1.165, 1.54) is 4.57 Å². The van der Waals surface area contributed by atoms with Crippen LogP contribution in [0.3, 0.4) is 0 Å². The van der Waals surface area contributed by atoms with Crippen LogP contribution in [0.15, 0.2) is 96.3 Å². The number of hydrogen-bond donors (Lipinski definition) is 1. The van der Waals surface area contributed by atoms with E-state index >= 15 is 0 Å². The van der Waals surface area contributed by atoms with Gasteiger partial charge in [0.15, 0.2) is 5.65 Å². The highest BCUT2D eigenvalue weighted by Crippen LogP contribution is 2.21. The molecule has 1 unspecified atom stereocenters. The van der Waals surface area contributed by atoms with Crippen molar-refractivity contribution in [1.29, 1.82) is 0 Å². The van der Waals surface area contributed by atoms with Gasteiger partial charge in [0, 0.05) is 35.9 Å². The van der Waals surface area contributed by atoms with Gasteiger partial charge in [-0.05, 0) is 56.3 Å². The van der Waals surface area contributed by atoms with Crippen LogP contribution in [-0.4, -0.2) is 35.0 Å². The van der Waals surface area contributed by atoms with E-state index in [-0.39, 0.29) is 11.5 Å². The largest absolute Gasteiger partial charge is 0.342 e. The molecule has 2 aromatic carbocycles. The molecule has 1 atom stereocenters. The summed E-state index contributed by atoms with van der Waals surface area (Å²) in [7, 11) is 0. The molecule has 1 amide bonds. The molecule has 0 radical (unpaired) electrons. The predicted molar refractivity (Wildman–Crippen MR) is 151 cm³/mol. The van der Waals surface area contributed by atoms with E-state index in [0.717, 1.165) is 5.56 Å². The van der Waals surface area contributed by atoms with Gasteiger partial charge in [-0.2, -0.15) is 5.10 Å². The van der Waals surface area contributed by atoms with Gasteiger partial charge in [-0.1, -0.05) is 36.1 Å². The number of pyridine rings is 1. The van der Waals surface area contributed by atoms with Crippen molar-refractivity contribution in [3.8, 4) is 17.5 Å². The second kappa shape index (κ2) is 10.3. The summed E-state index contributed by atoms with van der Waals surface area (Å²) < 4.78 is 3.10. The van der Waals surface area contributed by atoms with E-state index in [2.05, 4.69) is 32.2 Å². The van der Waals surface area contributed by atoms with Gasteiger partial charge in [0.05, 0.1) is 28.3 Å². The lowest BCUT2D eigenvalue weighted by Crippen LogP contribution is -2.33. The summed E-state index contributed by atoms with van der Waals surface area (Å²) in [6, 6.07) is 19.4. The zero-order valence-corrected chi connectivity index (χ0v) is 21.7. The van der Waals surface area contributed by atoms with Gasteiger partial charge >= 0.3 is 0 Å². The summed E-state index contributed by atoms with van der Waals surface area (Å²) in [5.74, 6) is 6.26. The highest BCUT2D eigenvalue weighted by Gasteiger charge is 2.24. The van der Waals surface area contributed by atoms with Crippen LogP contribution in [0.5, 0.6) is 0 Å². The maximum absolute atomic E-state index is 14.1. The van der Waals surface area contributed by atoms with Crippen molar-refractivity contribution in [1.82, 2.24) is 34.4 Å². The molecule has 4 heterocycles. The number of para-hydroxylation sites is 1. The number of carbonyl (C=O) groups is 1. The first-order valence-electron chi connectivity index (χ1n) is 12.6. The molecule has 0 aliphatic rings. The third kappa shape index (κ3) is 4.48. The van der Waals surface area contributed by atoms with Crippen LogP contribution >= 0.6 is 0 Å². The number of nitrogens with zero attached hydrogens (tertiary/aromatic N) is 6. The highest BCUT2D eigenvalue weighted by atomic mass is 16.2. The number of aryl methyl sites for hydroxylation is 1. The SMILES string of the molecule is Cc1nn2cccnc2c1C(=O)NC(C)c1nc2cccc(C#Cc3ccncc3)c2c(=O)n1-c1ccccc1. The van der Waals surface area contributed by atoms with Crippen LogP contribution in [0.4, 0.5) is 0 Å². The Morgan fingerprint density at radius 2 is 1.75 bits per heavy atom. The Kier molecular flexibility index (Phi) is 6.34. The number of rotatable bonds is 4. The molecular weight excluding hydrogens is 502 g/mol.